The molecule has 0 unspecified atom stereocenters. The molecule has 0 aliphatic carbocycles. The van der Waals surface area contributed by atoms with Crippen molar-refractivity contribution in [2.75, 3.05) is 39.1 Å². The number of carbonyl (C=O) groups excluding carboxylic acids is 2. The summed E-state index contributed by atoms with van der Waals surface area (Å²) >= 11 is 0. The fourth-order valence-electron chi connectivity index (χ4n) is 4.36. The van der Waals surface area contributed by atoms with Crippen LogP contribution < -0.4 is 29.6 Å². The Morgan fingerprint density at radius 1 is 0.605 bits per heavy atom. The van der Waals surface area contributed by atoms with Crippen molar-refractivity contribution in [1.29, 1.82) is 0 Å². The van der Waals surface area contributed by atoms with Crippen molar-refractivity contribution >= 4 is 29.2 Å². The number of carbonyl (C=O) groups is 3. The van der Waals surface area contributed by atoms with Crippen molar-refractivity contribution in [2.24, 2.45) is 0 Å². The average molecular weight is 587 g/mol. The number of carboxylic acid groups (broad SMARTS) is 1. The minimum atomic E-state index is -1.22. The zero-order valence-electron chi connectivity index (χ0n) is 23.9. The van der Waals surface area contributed by atoms with Crippen LogP contribution in [0.3, 0.4) is 0 Å². The van der Waals surface area contributed by atoms with E-state index < -0.39 is 17.8 Å². The van der Waals surface area contributed by atoms with E-state index in [0.29, 0.717) is 39.7 Å². The molecule has 0 radical (unpaired) electrons. The van der Waals surface area contributed by atoms with E-state index in [4.69, 9.17) is 18.9 Å². The number of anilines is 2. The summed E-state index contributed by atoms with van der Waals surface area (Å²) in [5.74, 6) is -0.683. The van der Waals surface area contributed by atoms with Crippen LogP contribution in [0.4, 0.5) is 11.4 Å². The van der Waals surface area contributed by atoms with Gasteiger partial charge in [0.1, 0.15) is 5.75 Å². The van der Waals surface area contributed by atoms with Crippen molar-refractivity contribution < 1.29 is 43.5 Å². The largest absolute Gasteiger partial charge is 0.506 e. The quantitative estimate of drug-likeness (QED) is 0.173. The van der Waals surface area contributed by atoms with E-state index in [1.165, 1.54) is 64.8 Å². The number of aromatic hydroxyl groups is 1. The molecule has 0 atom stereocenters. The van der Waals surface area contributed by atoms with Crippen LogP contribution >= 0.6 is 0 Å². The number of rotatable bonds is 11. The van der Waals surface area contributed by atoms with E-state index in [-0.39, 0.29) is 34.7 Å². The summed E-state index contributed by atoms with van der Waals surface area (Å²) in [5.41, 5.74) is 2.07. The third kappa shape index (κ3) is 6.96. The molecule has 43 heavy (non-hydrogen) atoms. The summed E-state index contributed by atoms with van der Waals surface area (Å²) in [6.45, 7) is 0. The normalized spacial score (nSPS) is 10.4. The number of benzene rings is 4. The highest BCUT2D eigenvalue weighted by atomic mass is 16.5. The first-order chi connectivity index (χ1) is 20.7. The first-order valence-corrected chi connectivity index (χ1v) is 12.9. The molecule has 11 nitrogen and oxygen atoms in total. The Balaban J connectivity index is 1.48. The molecule has 4 rings (SSSR count). The molecule has 11 heteroatoms. The lowest BCUT2D eigenvalue weighted by Gasteiger charge is -2.13. The molecule has 0 aliphatic heterocycles. The fourth-order valence-corrected chi connectivity index (χ4v) is 4.36. The molecule has 0 fully saturated rings. The number of ether oxygens (including phenoxy) is 4. The number of amides is 2. The minimum absolute atomic E-state index is 0.102. The van der Waals surface area contributed by atoms with Gasteiger partial charge in [0.05, 0.1) is 45.4 Å². The van der Waals surface area contributed by atoms with E-state index >= 15 is 0 Å². The van der Waals surface area contributed by atoms with Gasteiger partial charge in [-0.15, -0.1) is 0 Å². The number of nitrogens with one attached hydrogen (secondary N) is 2. The topological polar surface area (TPSA) is 153 Å². The second kappa shape index (κ2) is 13.3. The Bertz CT molecular complexity index is 1680. The van der Waals surface area contributed by atoms with Gasteiger partial charge >= 0.3 is 5.97 Å². The lowest BCUT2D eigenvalue weighted by Crippen LogP contribution is -2.15. The Kier molecular flexibility index (Phi) is 9.36. The van der Waals surface area contributed by atoms with Gasteiger partial charge in [0, 0.05) is 11.1 Å². The Labute approximate surface area is 247 Å². The molecule has 4 N–H and O–H groups in total. The van der Waals surface area contributed by atoms with Crippen LogP contribution in [0.15, 0.2) is 72.8 Å². The van der Waals surface area contributed by atoms with Crippen LogP contribution in [0, 0.1) is 0 Å². The number of aromatic carboxylic acids is 1. The van der Waals surface area contributed by atoms with E-state index in [1.54, 1.807) is 36.4 Å². The van der Waals surface area contributed by atoms with Crippen LogP contribution in [0.1, 0.15) is 42.2 Å². The monoisotopic (exact) mass is 586 g/mol. The van der Waals surface area contributed by atoms with E-state index in [2.05, 4.69) is 10.6 Å². The summed E-state index contributed by atoms with van der Waals surface area (Å²) < 4.78 is 20.9. The van der Waals surface area contributed by atoms with Crippen molar-refractivity contribution in [3.8, 4) is 28.7 Å². The molecule has 0 spiro atoms. The van der Waals surface area contributed by atoms with Gasteiger partial charge in [-0.05, 0) is 78.2 Å². The maximum Gasteiger partial charge on any atom is 0.337 e. The number of hydrogen-bond donors (Lipinski definition) is 4. The molecule has 222 valence electrons. The molecule has 0 saturated carbocycles. The third-order valence-electron chi connectivity index (χ3n) is 6.57. The second-order valence-electron chi connectivity index (χ2n) is 9.26. The van der Waals surface area contributed by atoms with Crippen molar-refractivity contribution in [3.63, 3.8) is 0 Å². The molecule has 4 aromatic rings. The van der Waals surface area contributed by atoms with Gasteiger partial charge in [-0.2, -0.15) is 0 Å². The first kappa shape index (κ1) is 30.3. The average Bonchev–Trinajstić information content (AvgIpc) is 3.02. The Hall–Kier alpha value is -5.71. The van der Waals surface area contributed by atoms with Crippen LogP contribution in [0.25, 0.3) is 0 Å². The molecule has 4 aromatic carbocycles. The summed E-state index contributed by atoms with van der Waals surface area (Å²) in [7, 11) is 5.89. The van der Waals surface area contributed by atoms with Gasteiger partial charge in [-0.3, -0.25) is 9.59 Å². The summed E-state index contributed by atoms with van der Waals surface area (Å²) in [5, 5.41) is 25.7. The van der Waals surface area contributed by atoms with Crippen LogP contribution in [0.2, 0.25) is 0 Å². The highest BCUT2D eigenvalue weighted by molar-refractivity contribution is 6.08. The van der Waals surface area contributed by atoms with Crippen molar-refractivity contribution in [3.05, 3.63) is 101 Å². The van der Waals surface area contributed by atoms with E-state index in [0.717, 1.165) is 0 Å². The Morgan fingerprint density at radius 2 is 1.07 bits per heavy atom. The standard InChI is InChI=1S/C32H30N2O9/c1-40-26-11-7-20(16-28(26)42-3)30(36)33-23-9-5-18(14-22(23)32(38)39)13-19-6-10-24(25(35)15-19)34-31(37)21-8-12-27(41-2)29(17-21)43-4/h5-12,14-17,35H,13H2,1-4H3,(H,33,36)(H,34,37)(H,38,39). The molecular formula is C32H30N2O9. The zero-order chi connectivity index (χ0) is 31.1. The minimum Gasteiger partial charge on any atom is -0.506 e. The predicted molar refractivity (Wildman–Crippen MR) is 159 cm³/mol. The molecule has 0 heterocycles. The molecule has 0 aromatic heterocycles. The van der Waals surface area contributed by atoms with Crippen molar-refractivity contribution in [1.82, 2.24) is 0 Å². The molecule has 0 aliphatic rings. The van der Waals surface area contributed by atoms with Gasteiger partial charge in [0.25, 0.3) is 11.8 Å². The highest BCUT2D eigenvalue weighted by Crippen LogP contribution is 2.31. The molecule has 2 amide bonds. The van der Waals surface area contributed by atoms with Gasteiger partial charge in [-0.25, -0.2) is 4.79 Å². The highest BCUT2D eigenvalue weighted by Gasteiger charge is 2.17. The second-order valence-corrected chi connectivity index (χ2v) is 9.26. The Morgan fingerprint density at radius 3 is 1.53 bits per heavy atom. The fraction of sp³-hybridized carbons (Fsp3) is 0.156. The predicted octanol–water partition coefficient (Wildman–Crippen LogP) is 5.22. The maximum atomic E-state index is 12.9. The number of carboxylic acids is 1. The van der Waals surface area contributed by atoms with Gasteiger partial charge in [0.2, 0.25) is 0 Å². The van der Waals surface area contributed by atoms with Crippen LogP contribution in [-0.2, 0) is 6.42 Å². The molecule has 0 bridgehead atoms. The smallest absolute Gasteiger partial charge is 0.337 e. The van der Waals surface area contributed by atoms with Crippen molar-refractivity contribution in [2.45, 2.75) is 6.42 Å². The third-order valence-corrected chi connectivity index (χ3v) is 6.57. The number of methoxy groups -OCH3 is 4. The zero-order valence-corrected chi connectivity index (χ0v) is 23.9. The summed E-state index contributed by atoms with van der Waals surface area (Å²) in [6, 6.07) is 18.7. The number of phenols is 1. The van der Waals surface area contributed by atoms with E-state index in [9.17, 15) is 24.6 Å². The lowest BCUT2D eigenvalue weighted by atomic mass is 10.0. The first-order valence-electron chi connectivity index (χ1n) is 12.9. The number of hydrogen-bond acceptors (Lipinski definition) is 8. The summed E-state index contributed by atoms with van der Waals surface area (Å²) in [4.78, 5) is 37.7. The van der Waals surface area contributed by atoms with Gasteiger partial charge < -0.3 is 39.8 Å². The van der Waals surface area contributed by atoms with Crippen LogP contribution in [-0.4, -0.2) is 56.4 Å². The lowest BCUT2D eigenvalue weighted by molar-refractivity contribution is 0.0697. The van der Waals surface area contributed by atoms with Crippen LogP contribution in [0.5, 0.6) is 28.7 Å². The van der Waals surface area contributed by atoms with E-state index in [1.807, 2.05) is 0 Å². The van der Waals surface area contributed by atoms with Gasteiger partial charge in [-0.1, -0.05) is 12.1 Å². The molecular weight excluding hydrogens is 556 g/mol. The SMILES string of the molecule is COc1ccc(C(=O)Nc2ccc(Cc3ccc(NC(=O)c4ccc(OC)c(OC)c4)c(C(=O)O)c3)cc2O)cc1OC. The molecule has 0 saturated heterocycles. The van der Waals surface area contributed by atoms with Gasteiger partial charge in [0.15, 0.2) is 23.0 Å². The summed E-state index contributed by atoms with van der Waals surface area (Å²) in [6.07, 6.45) is 0.279. The maximum absolute atomic E-state index is 12.9. The number of phenolic OH excluding ortho intramolecular Hbond substituents is 1.